The van der Waals surface area contributed by atoms with Crippen molar-refractivity contribution in [2.24, 2.45) is 7.05 Å². The monoisotopic (exact) mass is 327 g/mol. The molecule has 1 aliphatic carbocycles. The van der Waals surface area contributed by atoms with Gasteiger partial charge in [-0.2, -0.15) is 0 Å². The first kappa shape index (κ1) is 15.5. The highest BCUT2D eigenvalue weighted by atomic mass is 15.3. The molecule has 0 aromatic carbocycles. The van der Waals surface area contributed by atoms with Crippen LogP contribution in [0.25, 0.3) is 0 Å². The molecule has 0 bridgehead atoms. The van der Waals surface area contributed by atoms with Crippen molar-refractivity contribution >= 4 is 5.82 Å². The molecule has 7 heteroatoms. The van der Waals surface area contributed by atoms with Crippen molar-refractivity contribution in [2.45, 2.75) is 51.2 Å². The summed E-state index contributed by atoms with van der Waals surface area (Å²) in [6.07, 6.45) is 8.41. The van der Waals surface area contributed by atoms with Gasteiger partial charge in [0.1, 0.15) is 24.3 Å². The predicted octanol–water partition coefficient (Wildman–Crippen LogP) is 1.55. The van der Waals surface area contributed by atoms with Gasteiger partial charge in [0, 0.05) is 44.0 Å². The van der Waals surface area contributed by atoms with E-state index in [1.54, 1.807) is 12.7 Å². The lowest BCUT2D eigenvalue weighted by Gasteiger charge is -2.39. The predicted molar refractivity (Wildman–Crippen MR) is 91.6 cm³/mol. The molecule has 128 valence electrons. The van der Waals surface area contributed by atoms with Gasteiger partial charge in [0.2, 0.25) is 0 Å². The molecule has 2 aromatic heterocycles. The van der Waals surface area contributed by atoms with Crippen molar-refractivity contribution in [3.63, 3.8) is 0 Å². The number of anilines is 1. The third-order valence-electron chi connectivity index (χ3n) is 5.11. The zero-order chi connectivity index (χ0) is 16.5. The fraction of sp³-hybridized carbons (Fsp3) is 0.647. The van der Waals surface area contributed by atoms with Crippen LogP contribution in [0.5, 0.6) is 0 Å². The molecular formula is C17H25N7. The summed E-state index contributed by atoms with van der Waals surface area (Å²) in [6, 6.07) is 3.39. The molecule has 2 aromatic rings. The highest BCUT2D eigenvalue weighted by Gasteiger charge is 2.36. The number of rotatable bonds is 5. The maximum Gasteiger partial charge on any atom is 0.146 e. The number of aryl methyl sites for hydroxylation is 2. The number of aromatic nitrogens is 5. The van der Waals surface area contributed by atoms with Crippen LogP contribution in [-0.2, 0) is 13.6 Å². The molecule has 1 saturated carbocycles. The summed E-state index contributed by atoms with van der Waals surface area (Å²) in [5.41, 5.74) is 1.05. The van der Waals surface area contributed by atoms with Crippen molar-refractivity contribution in [1.29, 1.82) is 0 Å². The van der Waals surface area contributed by atoms with Crippen LogP contribution in [0.1, 0.15) is 37.2 Å². The number of likely N-dealkylation sites (tertiary alicyclic amines) is 1. The maximum atomic E-state index is 4.55. The summed E-state index contributed by atoms with van der Waals surface area (Å²) >= 11 is 0. The molecule has 3 heterocycles. The molecule has 7 nitrogen and oxygen atoms in total. The van der Waals surface area contributed by atoms with Crippen molar-refractivity contribution < 1.29 is 0 Å². The average Bonchev–Trinajstić information content (AvgIpc) is 3.33. The quantitative estimate of drug-likeness (QED) is 0.830. The molecule has 0 unspecified atom stereocenters. The van der Waals surface area contributed by atoms with Gasteiger partial charge in [-0.15, -0.1) is 10.2 Å². The summed E-state index contributed by atoms with van der Waals surface area (Å²) in [5.74, 6) is 2.15. The van der Waals surface area contributed by atoms with Crippen LogP contribution < -0.4 is 4.90 Å². The van der Waals surface area contributed by atoms with Gasteiger partial charge in [0.05, 0.1) is 6.54 Å². The molecule has 0 atom stereocenters. The second kappa shape index (κ2) is 6.47. The molecule has 2 aliphatic rings. The molecule has 24 heavy (non-hydrogen) atoms. The Morgan fingerprint density at radius 3 is 2.50 bits per heavy atom. The van der Waals surface area contributed by atoms with Crippen LogP contribution in [0.2, 0.25) is 0 Å². The van der Waals surface area contributed by atoms with Gasteiger partial charge in [-0.1, -0.05) is 0 Å². The average molecular weight is 327 g/mol. The van der Waals surface area contributed by atoms with E-state index < -0.39 is 0 Å². The second-order valence-electron chi connectivity index (χ2n) is 7.02. The van der Waals surface area contributed by atoms with Crippen molar-refractivity contribution in [1.82, 2.24) is 29.6 Å². The molecule has 0 N–H and O–H groups in total. The van der Waals surface area contributed by atoms with E-state index in [0.29, 0.717) is 12.1 Å². The smallest absolute Gasteiger partial charge is 0.146 e. The summed E-state index contributed by atoms with van der Waals surface area (Å²) in [6.45, 7) is 5.13. The van der Waals surface area contributed by atoms with Gasteiger partial charge >= 0.3 is 0 Å². The van der Waals surface area contributed by atoms with E-state index in [0.717, 1.165) is 37.0 Å². The Hall–Kier alpha value is -2.02. The minimum atomic E-state index is 0.586. The SMILES string of the molecule is Cc1cc(N(C2CC2)C2CCN(Cc3nncn3C)CC2)ncn1. The highest BCUT2D eigenvalue weighted by Crippen LogP contribution is 2.35. The lowest BCUT2D eigenvalue weighted by Crippen LogP contribution is -2.46. The van der Waals surface area contributed by atoms with Crippen LogP contribution in [0.4, 0.5) is 5.82 Å². The van der Waals surface area contributed by atoms with Crippen molar-refractivity contribution in [3.8, 4) is 0 Å². The lowest BCUT2D eigenvalue weighted by atomic mass is 10.0. The Morgan fingerprint density at radius 2 is 1.88 bits per heavy atom. The van der Waals surface area contributed by atoms with Crippen molar-refractivity contribution in [3.05, 3.63) is 30.2 Å². The fourth-order valence-corrected chi connectivity index (χ4v) is 3.61. The normalized spacial score (nSPS) is 19.6. The summed E-state index contributed by atoms with van der Waals surface area (Å²) in [4.78, 5) is 13.8. The topological polar surface area (TPSA) is 63.0 Å². The molecule has 0 spiro atoms. The highest BCUT2D eigenvalue weighted by molar-refractivity contribution is 5.43. The standard InChI is InChI=1S/C17H25N7/c1-13-9-16(19-11-18-13)24(14-3-4-14)15-5-7-23(8-6-15)10-17-21-20-12-22(17)2/h9,11-12,14-15H,3-8,10H2,1-2H3. The number of nitrogens with zero attached hydrogens (tertiary/aromatic N) is 7. The Balaban J connectivity index is 1.41. The zero-order valence-corrected chi connectivity index (χ0v) is 14.5. The van der Waals surface area contributed by atoms with Crippen LogP contribution in [-0.4, -0.2) is 54.8 Å². The molecule has 1 saturated heterocycles. The summed E-state index contributed by atoms with van der Waals surface area (Å²) in [7, 11) is 2.01. The van der Waals surface area contributed by atoms with Crippen LogP contribution in [0, 0.1) is 6.92 Å². The van der Waals surface area contributed by atoms with E-state index in [4.69, 9.17) is 0 Å². The van der Waals surface area contributed by atoms with E-state index >= 15 is 0 Å². The van der Waals surface area contributed by atoms with Crippen LogP contribution in [0.15, 0.2) is 18.7 Å². The fourth-order valence-electron chi connectivity index (χ4n) is 3.61. The van der Waals surface area contributed by atoms with Gasteiger partial charge in [0.25, 0.3) is 0 Å². The molecule has 0 amide bonds. The Labute approximate surface area is 142 Å². The van der Waals surface area contributed by atoms with Crippen molar-refractivity contribution in [2.75, 3.05) is 18.0 Å². The molecule has 0 radical (unpaired) electrons. The number of piperidine rings is 1. The third kappa shape index (κ3) is 3.26. The first-order chi connectivity index (χ1) is 11.7. The van der Waals surface area contributed by atoms with Gasteiger partial charge < -0.3 is 9.47 Å². The molecule has 2 fully saturated rings. The molecule has 1 aliphatic heterocycles. The van der Waals surface area contributed by atoms with Gasteiger partial charge in [-0.05, 0) is 32.6 Å². The first-order valence-electron chi connectivity index (χ1n) is 8.83. The minimum Gasteiger partial charge on any atom is -0.350 e. The lowest BCUT2D eigenvalue weighted by molar-refractivity contribution is 0.194. The van der Waals surface area contributed by atoms with Crippen LogP contribution in [0.3, 0.4) is 0 Å². The minimum absolute atomic E-state index is 0.586. The molecular weight excluding hydrogens is 302 g/mol. The maximum absolute atomic E-state index is 4.55. The van der Waals surface area contributed by atoms with Crippen LogP contribution >= 0.6 is 0 Å². The van der Waals surface area contributed by atoms with Gasteiger partial charge in [0.15, 0.2) is 0 Å². The Morgan fingerprint density at radius 1 is 1.12 bits per heavy atom. The first-order valence-corrected chi connectivity index (χ1v) is 8.83. The van der Waals surface area contributed by atoms with E-state index in [-0.39, 0.29) is 0 Å². The summed E-state index contributed by atoms with van der Waals surface area (Å²) < 4.78 is 2.01. The van der Waals surface area contributed by atoms with Gasteiger partial charge in [-0.3, -0.25) is 4.90 Å². The van der Waals surface area contributed by atoms with E-state index in [2.05, 4.69) is 36.0 Å². The molecule has 4 rings (SSSR count). The van der Waals surface area contributed by atoms with E-state index in [1.165, 1.54) is 25.7 Å². The zero-order valence-electron chi connectivity index (χ0n) is 14.5. The van der Waals surface area contributed by atoms with E-state index in [1.807, 2.05) is 18.5 Å². The Bertz CT molecular complexity index is 686. The van der Waals surface area contributed by atoms with E-state index in [9.17, 15) is 0 Å². The largest absolute Gasteiger partial charge is 0.350 e. The number of hydrogen-bond acceptors (Lipinski definition) is 6. The Kier molecular flexibility index (Phi) is 4.18. The summed E-state index contributed by atoms with van der Waals surface area (Å²) in [5, 5.41) is 8.18. The second-order valence-corrected chi connectivity index (χ2v) is 7.02. The third-order valence-corrected chi connectivity index (χ3v) is 5.11. The number of hydrogen-bond donors (Lipinski definition) is 0. The van der Waals surface area contributed by atoms with Gasteiger partial charge in [-0.25, -0.2) is 9.97 Å².